The summed E-state index contributed by atoms with van der Waals surface area (Å²) < 4.78 is 5.82. The molecule has 111 valence electrons. The number of carbonyl (C=O) groups is 1. The van der Waals surface area contributed by atoms with Crippen LogP contribution in [0.25, 0.3) is 0 Å². The number of nitrogens with zero attached hydrogens (tertiary/aromatic N) is 1. The van der Waals surface area contributed by atoms with E-state index in [1.54, 1.807) is 20.8 Å². The summed E-state index contributed by atoms with van der Waals surface area (Å²) in [5.41, 5.74) is 4.76. The zero-order valence-corrected chi connectivity index (χ0v) is 12.5. The van der Waals surface area contributed by atoms with Crippen molar-refractivity contribution in [3.63, 3.8) is 0 Å². The van der Waals surface area contributed by atoms with Gasteiger partial charge in [-0.25, -0.2) is 4.79 Å². The summed E-state index contributed by atoms with van der Waals surface area (Å²) in [6, 6.07) is -0.462. The highest BCUT2D eigenvalue weighted by Crippen LogP contribution is 2.23. The number of nitrogens with one attached hydrogen (secondary N) is 2. The van der Waals surface area contributed by atoms with Crippen LogP contribution in [0.4, 0.5) is 4.79 Å². The molecule has 0 aliphatic carbocycles. The first kappa shape index (κ1) is 16.2. The van der Waals surface area contributed by atoms with Gasteiger partial charge in [0.1, 0.15) is 18.4 Å². The predicted octanol–water partition coefficient (Wildman–Crippen LogP) is 0.540. The lowest BCUT2D eigenvalue weighted by Crippen LogP contribution is -2.73. The average molecular weight is 273 g/mol. The monoisotopic (exact) mass is 273 g/mol. The second-order valence-electron chi connectivity index (χ2n) is 6.78. The minimum absolute atomic E-state index is 0.462. The van der Waals surface area contributed by atoms with E-state index < -0.39 is 35.6 Å². The minimum Gasteiger partial charge on any atom is -0.365 e. The number of hydrogen-bond donors (Lipinski definition) is 3. The van der Waals surface area contributed by atoms with Gasteiger partial charge < -0.3 is 21.1 Å². The van der Waals surface area contributed by atoms with Crippen LogP contribution in [0.2, 0.25) is 0 Å². The first-order valence-corrected chi connectivity index (χ1v) is 6.39. The molecule has 0 aromatic heterocycles. The Morgan fingerprint density at radius 1 is 1.16 bits per heavy atom. The van der Waals surface area contributed by atoms with E-state index in [9.17, 15) is 10.0 Å². The quantitative estimate of drug-likeness (QED) is 0.639. The molecule has 4 N–H and O–H groups in total. The summed E-state index contributed by atoms with van der Waals surface area (Å²) in [6.07, 6.45) is -2.17. The lowest BCUT2D eigenvalue weighted by Gasteiger charge is -2.45. The van der Waals surface area contributed by atoms with Crippen molar-refractivity contribution in [1.29, 1.82) is 0 Å². The van der Waals surface area contributed by atoms with Gasteiger partial charge in [-0.1, -0.05) is 0 Å². The molecule has 7 nitrogen and oxygen atoms in total. The maximum absolute atomic E-state index is 12.3. The Bertz CT molecular complexity index is 335. The Balaban J connectivity index is 2.96. The second kappa shape index (κ2) is 5.24. The van der Waals surface area contributed by atoms with Crippen LogP contribution in [0.15, 0.2) is 0 Å². The van der Waals surface area contributed by atoms with Gasteiger partial charge in [-0.2, -0.15) is 0 Å². The topological polar surface area (TPSA) is 99.5 Å². The molecule has 1 aliphatic heterocycles. The number of rotatable bonds is 2. The lowest BCUT2D eigenvalue weighted by molar-refractivity contribution is -0.276. The highest BCUT2D eigenvalue weighted by atomic mass is 16.5. The van der Waals surface area contributed by atoms with Gasteiger partial charge >= 0.3 is 6.03 Å². The molecule has 0 aromatic carbocycles. The summed E-state index contributed by atoms with van der Waals surface area (Å²) in [4.78, 5) is 11.5. The molecule has 7 heteroatoms. The van der Waals surface area contributed by atoms with Crippen molar-refractivity contribution in [2.45, 2.75) is 71.1 Å². The molecule has 1 saturated heterocycles. The van der Waals surface area contributed by atoms with Crippen LogP contribution in [0.1, 0.15) is 41.5 Å². The Morgan fingerprint density at radius 2 is 1.68 bits per heavy atom. The van der Waals surface area contributed by atoms with Gasteiger partial charge in [0.2, 0.25) is 0 Å². The normalized spacial score (nSPS) is 29.1. The molecule has 0 bridgehead atoms. The largest absolute Gasteiger partial charge is 0.365 e. The van der Waals surface area contributed by atoms with Crippen molar-refractivity contribution in [3.05, 3.63) is 0 Å². The van der Waals surface area contributed by atoms with Crippen LogP contribution in [-0.2, 0) is 9.94 Å². The summed E-state index contributed by atoms with van der Waals surface area (Å²) in [6.45, 7) is 10.9. The predicted molar refractivity (Wildman–Crippen MR) is 70.3 cm³/mol. The van der Waals surface area contributed by atoms with Crippen LogP contribution in [-0.4, -0.2) is 40.7 Å². The van der Waals surface area contributed by atoms with E-state index in [0.29, 0.717) is 0 Å². The van der Waals surface area contributed by atoms with Gasteiger partial charge in [0.05, 0.1) is 5.60 Å². The summed E-state index contributed by atoms with van der Waals surface area (Å²) in [5, 5.41) is 18.3. The molecular formula is C12H25N4O3. The lowest BCUT2D eigenvalue weighted by atomic mass is 10.0. The molecule has 1 fully saturated rings. The summed E-state index contributed by atoms with van der Waals surface area (Å²) >= 11 is 0. The minimum atomic E-state index is -0.817. The van der Waals surface area contributed by atoms with Crippen molar-refractivity contribution in [2.24, 2.45) is 5.73 Å². The molecule has 0 aromatic rings. The highest BCUT2D eigenvalue weighted by Gasteiger charge is 2.44. The van der Waals surface area contributed by atoms with Crippen molar-refractivity contribution in [1.82, 2.24) is 15.7 Å². The Labute approximate surface area is 114 Å². The molecule has 2 amide bonds. The van der Waals surface area contributed by atoms with Crippen molar-refractivity contribution in [3.8, 4) is 0 Å². The smallest absolute Gasteiger partial charge is 0.317 e. The van der Waals surface area contributed by atoms with Crippen LogP contribution in [0.5, 0.6) is 0 Å². The number of hydroxylamine groups is 2. The zero-order valence-electron chi connectivity index (χ0n) is 12.5. The van der Waals surface area contributed by atoms with Gasteiger partial charge in [-0.15, -0.1) is 10.3 Å². The molecule has 19 heavy (non-hydrogen) atoms. The fourth-order valence-corrected chi connectivity index (χ4v) is 1.84. The van der Waals surface area contributed by atoms with Gasteiger partial charge in [0.25, 0.3) is 0 Å². The van der Waals surface area contributed by atoms with E-state index in [-0.39, 0.29) is 0 Å². The van der Waals surface area contributed by atoms with E-state index in [1.807, 2.05) is 20.8 Å². The zero-order chi connectivity index (χ0) is 15.0. The van der Waals surface area contributed by atoms with Crippen LogP contribution in [0, 0.1) is 0 Å². The van der Waals surface area contributed by atoms with E-state index in [1.165, 1.54) is 0 Å². The molecule has 0 saturated carbocycles. The Kier molecular flexibility index (Phi) is 4.46. The molecule has 1 rings (SSSR count). The molecule has 1 aliphatic rings. The number of hydrogen-bond acceptors (Lipinski definition) is 4. The van der Waals surface area contributed by atoms with Crippen molar-refractivity contribution < 1.29 is 14.7 Å². The molecule has 1 radical (unpaired) electrons. The van der Waals surface area contributed by atoms with Gasteiger partial charge in [-0.05, 0) is 41.5 Å². The second-order valence-corrected chi connectivity index (χ2v) is 6.78. The molecule has 1 heterocycles. The number of amides is 2. The highest BCUT2D eigenvalue weighted by molar-refractivity contribution is 5.75. The first-order chi connectivity index (χ1) is 8.42. The maximum Gasteiger partial charge on any atom is 0.317 e. The van der Waals surface area contributed by atoms with Gasteiger partial charge in [-0.3, -0.25) is 0 Å². The molecule has 3 unspecified atom stereocenters. The van der Waals surface area contributed by atoms with Crippen LogP contribution >= 0.6 is 0 Å². The van der Waals surface area contributed by atoms with E-state index >= 15 is 0 Å². The summed E-state index contributed by atoms with van der Waals surface area (Å²) in [7, 11) is 0. The van der Waals surface area contributed by atoms with Crippen LogP contribution in [0.3, 0.4) is 0 Å². The fraction of sp³-hybridized carbons (Fsp3) is 0.917. The standard InChI is InChI=1S/C12H25N4O3/c1-11(2,3)16(18)9-7(19-12(4,5)6)8(13)14-10(17)15-9/h7-9H,13H2,1-6H3,(H2,14,15,17). The SMILES string of the molecule is CC(C)(C)OC1C(N)NC(=O)NC1N([O])C(C)(C)C. The van der Waals surface area contributed by atoms with Crippen molar-refractivity contribution >= 4 is 6.03 Å². The molecule has 3 atom stereocenters. The average Bonchev–Trinajstić information content (AvgIpc) is 2.17. The van der Waals surface area contributed by atoms with Crippen LogP contribution < -0.4 is 16.4 Å². The number of nitrogens with two attached hydrogens (primary N) is 1. The number of carbonyl (C=O) groups excluding carboxylic acids is 1. The number of urea groups is 1. The third kappa shape index (κ3) is 4.31. The third-order valence-electron chi connectivity index (χ3n) is 2.65. The molecule has 0 spiro atoms. The maximum atomic E-state index is 12.3. The fourth-order valence-electron chi connectivity index (χ4n) is 1.84. The van der Waals surface area contributed by atoms with Gasteiger partial charge in [0, 0.05) is 5.54 Å². The Morgan fingerprint density at radius 3 is 2.11 bits per heavy atom. The molecular weight excluding hydrogens is 248 g/mol. The van der Waals surface area contributed by atoms with Crippen molar-refractivity contribution in [2.75, 3.05) is 0 Å². The number of ether oxygens (including phenoxy) is 1. The Hall–Kier alpha value is -0.890. The van der Waals surface area contributed by atoms with E-state index in [0.717, 1.165) is 5.06 Å². The van der Waals surface area contributed by atoms with E-state index in [2.05, 4.69) is 10.6 Å². The summed E-state index contributed by atoms with van der Waals surface area (Å²) in [5.74, 6) is 0. The van der Waals surface area contributed by atoms with Gasteiger partial charge in [0.15, 0.2) is 0 Å². The first-order valence-electron chi connectivity index (χ1n) is 6.39. The van der Waals surface area contributed by atoms with E-state index in [4.69, 9.17) is 10.5 Å². The third-order valence-corrected chi connectivity index (χ3v) is 2.65.